The van der Waals surface area contributed by atoms with Crippen molar-refractivity contribution in [3.05, 3.63) is 29.8 Å². The normalized spacial score (nSPS) is 15.5. The number of carboxylic acids is 2. The van der Waals surface area contributed by atoms with Gasteiger partial charge in [0.1, 0.15) is 5.97 Å². The molecule has 1 fully saturated rings. The molecule has 1 aliphatic rings. The van der Waals surface area contributed by atoms with E-state index < -0.39 is 33.4 Å². The van der Waals surface area contributed by atoms with Crippen molar-refractivity contribution in [3.8, 4) is 0 Å². The van der Waals surface area contributed by atoms with Crippen molar-refractivity contribution < 1.29 is 46.7 Å². The first kappa shape index (κ1) is 25.9. The number of rotatable bonds is 9. The molecule has 170 valence electrons. The summed E-state index contributed by atoms with van der Waals surface area (Å²) in [4.78, 5) is 20.1. The second-order valence-corrected chi connectivity index (χ2v) is 9.40. The summed E-state index contributed by atoms with van der Waals surface area (Å²) in [6.07, 6.45) is -0.868. The molecule has 1 saturated heterocycles. The molecule has 0 aromatic heterocycles. The van der Waals surface area contributed by atoms with E-state index in [0.29, 0.717) is 18.0 Å². The van der Waals surface area contributed by atoms with Crippen LogP contribution in [0.2, 0.25) is 0 Å². The van der Waals surface area contributed by atoms with E-state index in [0.717, 1.165) is 24.8 Å². The van der Waals surface area contributed by atoms with Crippen molar-refractivity contribution in [3.63, 3.8) is 0 Å². The minimum absolute atomic E-state index is 0.0853. The molecule has 0 amide bonds. The van der Waals surface area contributed by atoms with E-state index in [9.17, 15) is 26.4 Å². The van der Waals surface area contributed by atoms with Gasteiger partial charge in [0.05, 0.1) is 35.6 Å². The Labute approximate surface area is 173 Å². The Morgan fingerprint density at radius 3 is 2.07 bits per heavy atom. The van der Waals surface area contributed by atoms with Crippen LogP contribution in [0.5, 0.6) is 0 Å². The van der Waals surface area contributed by atoms with Gasteiger partial charge in [-0.3, -0.25) is 4.79 Å². The summed E-state index contributed by atoms with van der Waals surface area (Å²) in [6.45, 7) is 3.28. The Morgan fingerprint density at radius 2 is 1.70 bits per heavy atom. The lowest BCUT2D eigenvalue weighted by Gasteiger charge is -2.36. The van der Waals surface area contributed by atoms with Crippen molar-refractivity contribution in [1.82, 2.24) is 0 Å². The third kappa shape index (κ3) is 8.31. The third-order valence-corrected chi connectivity index (χ3v) is 6.74. The minimum atomic E-state index is -5.19. The summed E-state index contributed by atoms with van der Waals surface area (Å²) in [5.41, 5.74) is 0.527. The van der Waals surface area contributed by atoms with Gasteiger partial charge < -0.3 is 20.3 Å². The number of halogens is 3. The average Bonchev–Trinajstić information content (AvgIpc) is 2.59. The number of carbonyl (C=O) groups is 2. The topological polar surface area (TPSA) is 128 Å². The molecule has 11 heteroatoms. The second-order valence-electron chi connectivity index (χ2n) is 7.41. The molecule has 1 aliphatic heterocycles. The average molecular weight is 453 g/mol. The van der Waals surface area contributed by atoms with Gasteiger partial charge in [-0.2, -0.15) is 13.2 Å². The van der Waals surface area contributed by atoms with Crippen molar-refractivity contribution >= 4 is 21.8 Å². The van der Waals surface area contributed by atoms with Gasteiger partial charge in [-0.1, -0.05) is 31.9 Å². The molecule has 0 radical (unpaired) electrons. The first-order valence-electron chi connectivity index (χ1n) is 9.45. The summed E-state index contributed by atoms with van der Waals surface area (Å²) in [5, 5.41) is 19.8. The van der Waals surface area contributed by atoms with Crippen molar-refractivity contribution in [1.29, 1.82) is 0 Å². The van der Waals surface area contributed by atoms with Gasteiger partial charge in [0.25, 0.3) is 0 Å². The van der Waals surface area contributed by atoms with Crippen LogP contribution in [-0.2, 0) is 25.8 Å². The number of alkyl halides is 3. The van der Waals surface area contributed by atoms with Crippen LogP contribution in [-0.4, -0.2) is 50.5 Å². The van der Waals surface area contributed by atoms with E-state index in [2.05, 4.69) is 6.92 Å². The van der Waals surface area contributed by atoms with Crippen LogP contribution in [0.25, 0.3) is 0 Å². The fraction of sp³-hybridized carbons (Fsp3) is 0.579. The maximum Gasteiger partial charge on any atom is 0.430 e. The highest BCUT2D eigenvalue weighted by molar-refractivity contribution is 7.91. The van der Waals surface area contributed by atoms with Crippen LogP contribution in [0.3, 0.4) is 0 Å². The predicted molar refractivity (Wildman–Crippen MR) is 99.1 cm³/mol. The first-order valence-corrected chi connectivity index (χ1v) is 11.1. The van der Waals surface area contributed by atoms with Crippen LogP contribution >= 0.6 is 0 Å². The molecule has 2 rings (SSSR count). The van der Waals surface area contributed by atoms with Gasteiger partial charge in [-0.15, -0.1) is 0 Å². The lowest BCUT2D eigenvalue weighted by molar-refractivity contribution is -0.739. The Hall–Kier alpha value is -2.14. The molecule has 30 heavy (non-hydrogen) atoms. The molecule has 3 N–H and O–H groups in total. The summed E-state index contributed by atoms with van der Waals surface area (Å²) in [6, 6.07) is 7.07. The first-order chi connectivity index (χ1) is 13.8. The summed E-state index contributed by atoms with van der Waals surface area (Å²) in [5.74, 6) is -4.02. The third-order valence-electron chi connectivity index (χ3n) is 4.76. The van der Waals surface area contributed by atoms with Gasteiger partial charge in [0.2, 0.25) is 0 Å². The Morgan fingerprint density at radius 1 is 1.17 bits per heavy atom. The molecule has 0 bridgehead atoms. The quantitative estimate of drug-likeness (QED) is 0.525. The highest BCUT2D eigenvalue weighted by Gasteiger charge is 2.47. The smallest absolute Gasteiger partial charge is 0.430 e. The lowest BCUT2D eigenvalue weighted by Crippen LogP contribution is -3.00. The molecule has 1 aromatic carbocycles. The van der Waals surface area contributed by atoms with Crippen molar-refractivity contribution in [2.75, 3.05) is 18.8 Å². The van der Waals surface area contributed by atoms with E-state index in [4.69, 9.17) is 15.0 Å². The van der Waals surface area contributed by atoms with Gasteiger partial charge in [0.15, 0.2) is 9.84 Å². The molecule has 0 aliphatic carbocycles. The molecular formula is C19H26F3NO6S. The highest BCUT2D eigenvalue weighted by Crippen LogP contribution is 2.28. The van der Waals surface area contributed by atoms with Gasteiger partial charge in [-0.05, 0) is 30.5 Å². The molecule has 0 spiro atoms. The SMILES string of the molecule is CCCCCc1ccc(S(=O)(=O)CC2(CC(=O)O)C[NH2+]C2)cc1.O=C([O-])C(F)(F)F. The van der Waals surface area contributed by atoms with Crippen LogP contribution in [0.15, 0.2) is 29.2 Å². The standard InChI is InChI=1S/C17H25NO4S.C2HF3O2/c1-2-3-4-5-14-6-8-15(9-7-14)23(21,22)13-17(10-16(19)20)11-18-12-17;3-2(4,5)1(6)7/h6-9,18H,2-5,10-13H2,1H3,(H,19,20);(H,6,7). The van der Waals surface area contributed by atoms with Gasteiger partial charge in [0, 0.05) is 0 Å². The highest BCUT2D eigenvalue weighted by atomic mass is 32.2. The number of hydrogen-bond acceptors (Lipinski definition) is 5. The van der Waals surface area contributed by atoms with E-state index in [-0.39, 0.29) is 12.2 Å². The Kier molecular flexibility index (Phi) is 9.29. The van der Waals surface area contributed by atoms with Crippen molar-refractivity contribution in [2.45, 2.75) is 50.1 Å². The molecule has 1 aromatic rings. The van der Waals surface area contributed by atoms with E-state index in [1.54, 1.807) is 12.1 Å². The predicted octanol–water partition coefficient (Wildman–Crippen LogP) is 0.530. The lowest BCUT2D eigenvalue weighted by atomic mass is 9.81. The monoisotopic (exact) mass is 453 g/mol. The van der Waals surface area contributed by atoms with E-state index in [1.165, 1.54) is 6.42 Å². The van der Waals surface area contributed by atoms with Crippen LogP contribution in [0.1, 0.15) is 38.2 Å². The fourth-order valence-electron chi connectivity index (χ4n) is 3.12. The summed E-state index contributed by atoms with van der Waals surface area (Å²) >= 11 is 0. The van der Waals surface area contributed by atoms with E-state index in [1.807, 2.05) is 17.4 Å². The zero-order chi connectivity index (χ0) is 23.0. The number of nitrogens with two attached hydrogens (primary N) is 1. The maximum atomic E-state index is 12.6. The Bertz CT molecular complexity index is 818. The van der Waals surface area contributed by atoms with Crippen LogP contribution in [0.4, 0.5) is 13.2 Å². The zero-order valence-electron chi connectivity index (χ0n) is 16.6. The molecule has 0 atom stereocenters. The van der Waals surface area contributed by atoms with Crippen molar-refractivity contribution in [2.24, 2.45) is 5.41 Å². The number of unbranched alkanes of at least 4 members (excludes halogenated alkanes) is 2. The maximum absolute atomic E-state index is 12.6. The molecule has 7 nitrogen and oxygen atoms in total. The molecular weight excluding hydrogens is 427 g/mol. The molecule has 0 unspecified atom stereocenters. The van der Waals surface area contributed by atoms with Gasteiger partial charge in [-0.25, -0.2) is 8.42 Å². The number of carboxylic acid groups (broad SMARTS) is 2. The van der Waals surface area contributed by atoms with Crippen LogP contribution < -0.4 is 10.4 Å². The largest absolute Gasteiger partial charge is 0.542 e. The number of carbonyl (C=O) groups excluding carboxylic acids is 1. The van der Waals surface area contributed by atoms with E-state index >= 15 is 0 Å². The van der Waals surface area contributed by atoms with Crippen LogP contribution in [0, 0.1) is 5.41 Å². The number of sulfone groups is 1. The summed E-state index contributed by atoms with van der Waals surface area (Å²) in [7, 11) is -3.45. The number of benzene rings is 1. The number of hydrogen-bond donors (Lipinski definition) is 2. The molecule has 1 heterocycles. The number of aliphatic carboxylic acids is 2. The number of aryl methyl sites for hydroxylation is 1. The Balaban J connectivity index is 0.000000553. The zero-order valence-corrected chi connectivity index (χ0v) is 17.4. The molecule has 0 saturated carbocycles. The summed E-state index contributed by atoms with van der Waals surface area (Å²) < 4.78 is 56.7. The number of quaternary nitrogens is 1. The second kappa shape index (κ2) is 10.8. The minimum Gasteiger partial charge on any atom is -0.542 e. The fourth-order valence-corrected chi connectivity index (χ4v) is 4.98. The van der Waals surface area contributed by atoms with Gasteiger partial charge >= 0.3 is 12.1 Å².